The Morgan fingerprint density at radius 1 is 0.939 bits per heavy atom. The van der Waals surface area contributed by atoms with Crippen LogP contribution in [0.3, 0.4) is 0 Å². The molecule has 3 aromatic rings. The first-order chi connectivity index (χ1) is 15.4. The van der Waals surface area contributed by atoms with E-state index in [9.17, 15) is 26.3 Å². The Hall–Kier alpha value is -3.27. The number of alkyl halides is 6. The highest BCUT2D eigenvalue weighted by Gasteiger charge is 2.33. The van der Waals surface area contributed by atoms with Gasteiger partial charge in [-0.15, -0.1) is 0 Å². The van der Waals surface area contributed by atoms with Crippen LogP contribution < -0.4 is 4.74 Å². The molecule has 0 saturated heterocycles. The average Bonchev–Trinajstić information content (AvgIpc) is 2.74. The zero-order chi connectivity index (χ0) is 24.2. The summed E-state index contributed by atoms with van der Waals surface area (Å²) in [7, 11) is 0. The molecule has 0 unspecified atom stereocenters. The number of halogens is 7. The molecule has 0 bridgehead atoms. The van der Waals surface area contributed by atoms with Crippen molar-refractivity contribution in [1.29, 1.82) is 0 Å². The molecule has 2 aromatic carbocycles. The summed E-state index contributed by atoms with van der Waals surface area (Å²) in [6.45, 7) is 1.45. The van der Waals surface area contributed by atoms with Crippen LogP contribution in [0.1, 0.15) is 29.3 Å². The molecule has 174 valence electrons. The van der Waals surface area contributed by atoms with Crippen LogP contribution >= 0.6 is 11.6 Å². The molecule has 0 radical (unpaired) electrons. The Morgan fingerprint density at radius 3 is 2.24 bits per heavy atom. The minimum Gasteiger partial charge on any atom is -0.455 e. The van der Waals surface area contributed by atoms with Crippen molar-refractivity contribution in [3.63, 3.8) is 0 Å². The first-order valence-corrected chi connectivity index (χ1v) is 9.65. The first kappa shape index (κ1) is 24.4. The molecule has 3 rings (SSSR count). The summed E-state index contributed by atoms with van der Waals surface area (Å²) >= 11 is 5.81. The third-order valence-corrected chi connectivity index (χ3v) is 4.51. The Balaban J connectivity index is 1.90. The van der Waals surface area contributed by atoms with Gasteiger partial charge in [0.1, 0.15) is 23.8 Å². The molecule has 0 aliphatic heterocycles. The van der Waals surface area contributed by atoms with Gasteiger partial charge in [-0.3, -0.25) is 4.98 Å². The molecule has 0 saturated carbocycles. The van der Waals surface area contributed by atoms with Crippen molar-refractivity contribution in [2.24, 2.45) is 5.16 Å². The van der Waals surface area contributed by atoms with Crippen LogP contribution in [-0.2, 0) is 23.8 Å². The summed E-state index contributed by atoms with van der Waals surface area (Å²) in [5.41, 5.74) is -1.49. The maximum absolute atomic E-state index is 13.2. The van der Waals surface area contributed by atoms with E-state index in [0.29, 0.717) is 23.4 Å². The van der Waals surface area contributed by atoms with Crippen LogP contribution in [0.4, 0.5) is 26.3 Å². The van der Waals surface area contributed by atoms with Gasteiger partial charge in [0.25, 0.3) is 0 Å². The largest absolute Gasteiger partial charge is 0.455 e. The van der Waals surface area contributed by atoms with Crippen LogP contribution in [0.2, 0.25) is 5.02 Å². The molecule has 0 spiro atoms. The number of rotatable bonds is 6. The molecule has 1 aromatic heterocycles. The van der Waals surface area contributed by atoms with Crippen molar-refractivity contribution in [1.82, 2.24) is 4.98 Å². The number of nitrogens with zero attached hydrogens (tertiary/aromatic N) is 2. The predicted octanol–water partition coefficient (Wildman–Crippen LogP) is 7.51. The molecule has 0 aliphatic carbocycles. The first-order valence-electron chi connectivity index (χ1n) is 9.27. The third kappa shape index (κ3) is 6.61. The second-order valence-corrected chi connectivity index (χ2v) is 7.21. The number of pyridine rings is 1. The zero-order valence-electron chi connectivity index (χ0n) is 16.8. The highest BCUT2D eigenvalue weighted by atomic mass is 35.5. The minimum atomic E-state index is -4.74. The maximum atomic E-state index is 13.2. The minimum absolute atomic E-state index is 0.0406. The summed E-state index contributed by atoms with van der Waals surface area (Å²) in [5, 5.41) is 4.37. The van der Waals surface area contributed by atoms with E-state index in [1.54, 1.807) is 24.3 Å². The number of aromatic nitrogens is 1. The molecule has 11 heteroatoms. The number of oxime groups is 1. The Bertz CT molecular complexity index is 1140. The normalized spacial score (nSPS) is 12.5. The van der Waals surface area contributed by atoms with Crippen molar-refractivity contribution >= 4 is 17.3 Å². The number of hydrogen-bond acceptors (Lipinski definition) is 4. The van der Waals surface area contributed by atoms with E-state index in [1.165, 1.54) is 13.0 Å². The second kappa shape index (κ2) is 9.70. The van der Waals surface area contributed by atoms with Gasteiger partial charge in [0.2, 0.25) is 0 Å². The Labute approximate surface area is 189 Å². The SMILES string of the molecule is C/C(=N\OCc1ccc(Cl)cc1)c1ncc(C(F)(F)F)cc1Oc1cccc(C(F)(F)F)c1. The van der Waals surface area contributed by atoms with E-state index < -0.39 is 29.2 Å². The van der Waals surface area contributed by atoms with Gasteiger partial charge in [-0.25, -0.2) is 0 Å². The van der Waals surface area contributed by atoms with Crippen molar-refractivity contribution < 1.29 is 35.9 Å². The van der Waals surface area contributed by atoms with Crippen molar-refractivity contribution in [3.8, 4) is 11.5 Å². The van der Waals surface area contributed by atoms with E-state index in [4.69, 9.17) is 21.2 Å². The highest BCUT2D eigenvalue weighted by molar-refractivity contribution is 6.30. The Kier molecular flexibility index (Phi) is 7.16. The maximum Gasteiger partial charge on any atom is 0.418 e. The zero-order valence-corrected chi connectivity index (χ0v) is 17.6. The lowest BCUT2D eigenvalue weighted by molar-refractivity contribution is -0.138. The number of ether oxygens (including phenoxy) is 1. The van der Waals surface area contributed by atoms with Crippen molar-refractivity contribution in [3.05, 3.63) is 88.2 Å². The number of benzene rings is 2. The highest BCUT2D eigenvalue weighted by Crippen LogP contribution is 2.36. The fourth-order valence-electron chi connectivity index (χ4n) is 2.64. The van der Waals surface area contributed by atoms with Gasteiger partial charge in [-0.1, -0.05) is 35.0 Å². The fraction of sp³-hybridized carbons (Fsp3) is 0.182. The van der Waals surface area contributed by atoms with E-state index in [2.05, 4.69) is 10.1 Å². The molecule has 0 N–H and O–H groups in total. The quantitative estimate of drug-likeness (QED) is 0.205. The van der Waals surface area contributed by atoms with Gasteiger partial charge in [-0.05, 0) is 48.9 Å². The van der Waals surface area contributed by atoms with Crippen LogP contribution in [0, 0.1) is 0 Å². The summed E-state index contributed by atoms with van der Waals surface area (Å²) in [6, 6.07) is 11.1. The lowest BCUT2D eigenvalue weighted by Gasteiger charge is -2.14. The van der Waals surface area contributed by atoms with Crippen molar-refractivity contribution in [2.75, 3.05) is 0 Å². The second-order valence-electron chi connectivity index (χ2n) is 6.77. The van der Waals surface area contributed by atoms with Gasteiger partial charge < -0.3 is 9.57 Å². The molecule has 1 heterocycles. The van der Waals surface area contributed by atoms with E-state index in [1.807, 2.05) is 0 Å². The molecule has 0 aliphatic rings. The van der Waals surface area contributed by atoms with E-state index in [-0.39, 0.29) is 23.8 Å². The summed E-state index contributed by atoms with van der Waals surface area (Å²) < 4.78 is 83.8. The molecular formula is C22H15ClF6N2O2. The summed E-state index contributed by atoms with van der Waals surface area (Å²) in [6.07, 6.45) is -8.82. The topological polar surface area (TPSA) is 43.7 Å². The number of hydrogen-bond donors (Lipinski definition) is 0. The van der Waals surface area contributed by atoms with Crippen LogP contribution in [0.15, 0.2) is 65.9 Å². The molecule has 0 atom stereocenters. The monoisotopic (exact) mass is 488 g/mol. The summed E-state index contributed by atoms with van der Waals surface area (Å²) in [4.78, 5) is 8.97. The van der Waals surface area contributed by atoms with Crippen LogP contribution in [0.25, 0.3) is 0 Å². The smallest absolute Gasteiger partial charge is 0.418 e. The molecular weight excluding hydrogens is 474 g/mol. The summed E-state index contributed by atoms with van der Waals surface area (Å²) in [5.74, 6) is -0.748. The van der Waals surface area contributed by atoms with Gasteiger partial charge in [0.15, 0.2) is 5.75 Å². The van der Waals surface area contributed by atoms with E-state index in [0.717, 1.165) is 17.7 Å². The Morgan fingerprint density at radius 2 is 1.61 bits per heavy atom. The standard InChI is InChI=1S/C22H15ClF6N2O2/c1-13(31-32-12-14-5-7-17(23)8-6-14)20-19(10-16(11-30-20)22(27,28)29)33-18-4-2-3-15(9-18)21(24,25)26/h2-11H,12H2,1H3/b31-13+. The molecule has 4 nitrogen and oxygen atoms in total. The molecule has 33 heavy (non-hydrogen) atoms. The third-order valence-electron chi connectivity index (χ3n) is 4.26. The molecule has 0 amide bonds. The van der Waals surface area contributed by atoms with Gasteiger partial charge in [-0.2, -0.15) is 26.3 Å². The average molecular weight is 489 g/mol. The lowest BCUT2D eigenvalue weighted by Crippen LogP contribution is -2.10. The van der Waals surface area contributed by atoms with E-state index >= 15 is 0 Å². The lowest BCUT2D eigenvalue weighted by atomic mass is 10.1. The van der Waals surface area contributed by atoms with Crippen molar-refractivity contribution in [2.45, 2.75) is 25.9 Å². The predicted molar refractivity (Wildman–Crippen MR) is 109 cm³/mol. The van der Waals surface area contributed by atoms with Gasteiger partial charge >= 0.3 is 12.4 Å². The fourth-order valence-corrected chi connectivity index (χ4v) is 2.77. The van der Waals surface area contributed by atoms with Gasteiger partial charge in [0, 0.05) is 11.2 Å². The van der Waals surface area contributed by atoms with Crippen LogP contribution in [-0.4, -0.2) is 10.7 Å². The van der Waals surface area contributed by atoms with Crippen LogP contribution in [0.5, 0.6) is 11.5 Å². The van der Waals surface area contributed by atoms with Gasteiger partial charge in [0.05, 0.1) is 11.1 Å². The molecule has 0 fully saturated rings.